The zero-order chi connectivity index (χ0) is 19.7. The van der Waals surface area contributed by atoms with E-state index < -0.39 is 18.1 Å². The molecule has 0 aromatic heterocycles. The van der Waals surface area contributed by atoms with Crippen LogP contribution in [-0.4, -0.2) is 40.2 Å². The summed E-state index contributed by atoms with van der Waals surface area (Å²) in [5.41, 5.74) is 9.28. The number of nitrogens with zero attached hydrogens (tertiary/aromatic N) is 1. The van der Waals surface area contributed by atoms with Crippen molar-refractivity contribution in [3.05, 3.63) is 47.5 Å². The van der Waals surface area contributed by atoms with Crippen molar-refractivity contribution in [1.82, 2.24) is 4.90 Å². The molecule has 2 aromatic rings. The summed E-state index contributed by atoms with van der Waals surface area (Å²) in [5.74, 6) is 0.0270. The molecule has 0 radical (unpaired) electrons. The van der Waals surface area contributed by atoms with Crippen molar-refractivity contribution >= 4 is 40.8 Å². The van der Waals surface area contributed by atoms with Crippen molar-refractivity contribution in [3.8, 4) is 0 Å². The summed E-state index contributed by atoms with van der Waals surface area (Å²) >= 11 is 0. The summed E-state index contributed by atoms with van der Waals surface area (Å²) in [6.45, 7) is 1.91. The molecular weight excluding hydrogens is 377 g/mol. The molecule has 7 nitrogen and oxygen atoms in total. The Bertz CT molecular complexity index is 933. The van der Waals surface area contributed by atoms with E-state index in [2.05, 4.69) is 4.72 Å². The average Bonchev–Trinajstić information content (AvgIpc) is 3.32. The number of benzene rings is 2. The number of hydrogen-bond acceptors (Lipinski definition) is 5. The molecule has 0 bridgehead atoms. The van der Waals surface area contributed by atoms with Gasteiger partial charge in [-0.05, 0) is 59.8 Å². The molecule has 4 N–H and O–H groups in total. The summed E-state index contributed by atoms with van der Waals surface area (Å²) in [7, 11) is -2.54. The summed E-state index contributed by atoms with van der Waals surface area (Å²) in [4.78, 5) is 14.9. The molecular formula is C19H22BN3O4S. The third-order valence-corrected chi connectivity index (χ3v) is 6.32. The third kappa shape index (κ3) is 3.92. The highest BCUT2D eigenvalue weighted by Crippen LogP contribution is 2.22. The molecule has 1 atom stereocenters. The Kier molecular flexibility index (Phi) is 5.39. The first-order chi connectivity index (χ1) is 13.5. The second-order valence-electron chi connectivity index (χ2n) is 7.08. The number of likely N-dealkylation sites (tertiary alicyclic amines) is 1. The number of nitrogen functional groups attached to an aromatic ring is 1. The average molecular weight is 399 g/mol. The molecule has 0 saturated carbocycles. The smallest absolute Gasteiger partial charge is 0.423 e. The van der Waals surface area contributed by atoms with E-state index >= 15 is 0 Å². The van der Waals surface area contributed by atoms with Crippen LogP contribution in [0.1, 0.15) is 24.0 Å². The van der Waals surface area contributed by atoms with Crippen LogP contribution >= 0.6 is 0 Å². The highest BCUT2D eigenvalue weighted by molar-refractivity contribution is 7.86. The van der Waals surface area contributed by atoms with Gasteiger partial charge >= 0.3 is 7.12 Å². The molecule has 2 aliphatic rings. The number of amides is 1. The lowest BCUT2D eigenvalue weighted by molar-refractivity contribution is -0.129. The topological polar surface area (TPSA) is 105 Å². The highest BCUT2D eigenvalue weighted by atomic mass is 32.2. The summed E-state index contributed by atoms with van der Waals surface area (Å²) in [6, 6.07) is 10.5. The number of rotatable bonds is 5. The molecule has 2 heterocycles. The molecule has 146 valence electrons. The van der Waals surface area contributed by atoms with Crippen LogP contribution in [0.5, 0.6) is 0 Å². The molecule has 4 rings (SSSR count). The van der Waals surface area contributed by atoms with Gasteiger partial charge in [0.1, 0.15) is 0 Å². The number of fused-ring (bicyclic) bond motifs is 1. The first-order valence-electron chi connectivity index (χ1n) is 9.28. The Morgan fingerprint density at radius 1 is 1.25 bits per heavy atom. The van der Waals surface area contributed by atoms with Crippen LogP contribution in [0.3, 0.4) is 0 Å². The van der Waals surface area contributed by atoms with Crippen LogP contribution in [0.25, 0.3) is 0 Å². The van der Waals surface area contributed by atoms with Crippen molar-refractivity contribution in [3.63, 3.8) is 0 Å². The van der Waals surface area contributed by atoms with E-state index in [-0.39, 0.29) is 12.3 Å². The molecule has 1 fully saturated rings. The van der Waals surface area contributed by atoms with Crippen molar-refractivity contribution in [2.24, 2.45) is 0 Å². The van der Waals surface area contributed by atoms with Gasteiger partial charge in [0.05, 0.1) is 17.9 Å². The monoisotopic (exact) mass is 399 g/mol. The fraction of sp³-hybridized carbons (Fsp3) is 0.316. The molecule has 2 aromatic carbocycles. The minimum Gasteiger partial charge on any atom is -0.423 e. The van der Waals surface area contributed by atoms with E-state index in [1.165, 1.54) is 0 Å². The van der Waals surface area contributed by atoms with Gasteiger partial charge in [-0.25, -0.2) is 4.21 Å². The summed E-state index contributed by atoms with van der Waals surface area (Å²) < 4.78 is 21.1. The quantitative estimate of drug-likeness (QED) is 0.509. The van der Waals surface area contributed by atoms with Crippen molar-refractivity contribution in [1.29, 1.82) is 0 Å². The summed E-state index contributed by atoms with van der Waals surface area (Å²) in [5, 5.41) is 9.85. The van der Waals surface area contributed by atoms with Gasteiger partial charge in [0.2, 0.25) is 5.91 Å². The van der Waals surface area contributed by atoms with E-state index in [1.54, 1.807) is 30.3 Å². The lowest BCUT2D eigenvalue weighted by Crippen LogP contribution is -2.29. The van der Waals surface area contributed by atoms with Crippen LogP contribution in [0.15, 0.2) is 41.3 Å². The maximum atomic E-state index is 13.0. The predicted molar refractivity (Wildman–Crippen MR) is 109 cm³/mol. The van der Waals surface area contributed by atoms with Gasteiger partial charge in [-0.2, -0.15) is 0 Å². The number of anilines is 2. The minimum absolute atomic E-state index is 0.0270. The molecule has 1 amide bonds. The van der Waals surface area contributed by atoms with E-state index in [1.807, 2.05) is 11.0 Å². The lowest BCUT2D eigenvalue weighted by Gasteiger charge is -2.17. The number of carbonyl (C=O) groups is 1. The van der Waals surface area contributed by atoms with E-state index in [0.29, 0.717) is 33.9 Å². The van der Waals surface area contributed by atoms with Crippen LogP contribution in [-0.2, 0) is 33.5 Å². The Morgan fingerprint density at radius 2 is 2.04 bits per heavy atom. The Labute approximate surface area is 166 Å². The summed E-state index contributed by atoms with van der Waals surface area (Å²) in [6.07, 6.45) is 2.22. The minimum atomic E-state index is -1.58. The van der Waals surface area contributed by atoms with Gasteiger partial charge in [-0.1, -0.05) is 6.07 Å². The standard InChI is InChI=1S/C19H22BN3O4S/c21-15-4-6-18(14(9-15)10-19(24)23-7-1-2-8-23)28(26)22-16-5-3-13-12-27-20(25)17(13)11-16/h3-6,9,11,22,25H,1-2,7-8,10,12,21H2. The Morgan fingerprint density at radius 3 is 2.82 bits per heavy atom. The Hall–Kier alpha value is -2.36. The largest absolute Gasteiger partial charge is 0.491 e. The van der Waals surface area contributed by atoms with E-state index in [9.17, 15) is 14.0 Å². The fourth-order valence-electron chi connectivity index (χ4n) is 3.60. The fourth-order valence-corrected chi connectivity index (χ4v) is 4.61. The maximum Gasteiger partial charge on any atom is 0.491 e. The normalized spacial score (nSPS) is 16.9. The lowest BCUT2D eigenvalue weighted by atomic mass is 9.79. The Balaban J connectivity index is 1.54. The number of hydrogen-bond donors (Lipinski definition) is 3. The second kappa shape index (κ2) is 7.94. The number of nitrogens with one attached hydrogen (secondary N) is 1. The van der Waals surface area contributed by atoms with Gasteiger partial charge in [0.15, 0.2) is 11.0 Å². The number of carbonyl (C=O) groups excluding carboxylic acids is 1. The second-order valence-corrected chi connectivity index (χ2v) is 8.26. The zero-order valence-electron chi connectivity index (χ0n) is 15.4. The van der Waals surface area contributed by atoms with E-state index in [4.69, 9.17) is 10.4 Å². The van der Waals surface area contributed by atoms with Gasteiger partial charge in [0.25, 0.3) is 0 Å². The maximum absolute atomic E-state index is 13.0. The van der Waals surface area contributed by atoms with Crippen LogP contribution < -0.4 is 15.9 Å². The molecule has 2 aliphatic heterocycles. The third-order valence-electron chi connectivity index (χ3n) is 5.10. The SMILES string of the molecule is Nc1ccc(S(=O)Nc2ccc3c(c2)B(O)OC3)c(CC(=O)N2CCCC2)c1. The van der Waals surface area contributed by atoms with Gasteiger partial charge < -0.3 is 25.0 Å². The van der Waals surface area contributed by atoms with Crippen LogP contribution in [0.2, 0.25) is 0 Å². The zero-order valence-corrected chi connectivity index (χ0v) is 16.2. The molecule has 1 unspecified atom stereocenters. The van der Waals surface area contributed by atoms with Crippen LogP contribution in [0.4, 0.5) is 11.4 Å². The molecule has 1 saturated heterocycles. The van der Waals surface area contributed by atoms with Gasteiger partial charge in [-0.15, -0.1) is 0 Å². The van der Waals surface area contributed by atoms with Gasteiger partial charge in [0, 0.05) is 24.5 Å². The van der Waals surface area contributed by atoms with Crippen molar-refractivity contribution < 1.29 is 18.7 Å². The first kappa shape index (κ1) is 19.0. The molecule has 9 heteroatoms. The van der Waals surface area contributed by atoms with Gasteiger partial charge in [-0.3, -0.25) is 4.79 Å². The highest BCUT2D eigenvalue weighted by Gasteiger charge is 2.27. The number of nitrogens with two attached hydrogens (primary N) is 1. The van der Waals surface area contributed by atoms with E-state index in [0.717, 1.165) is 31.5 Å². The molecule has 28 heavy (non-hydrogen) atoms. The first-order valence-corrected chi connectivity index (χ1v) is 10.4. The predicted octanol–water partition coefficient (Wildman–Crippen LogP) is 0.786. The van der Waals surface area contributed by atoms with Crippen LogP contribution in [0, 0.1) is 0 Å². The molecule has 0 spiro atoms. The van der Waals surface area contributed by atoms with Crippen molar-refractivity contribution in [2.45, 2.75) is 30.8 Å². The molecule has 0 aliphatic carbocycles. The van der Waals surface area contributed by atoms with Crippen molar-refractivity contribution in [2.75, 3.05) is 23.5 Å².